The molecule has 0 fully saturated rings. The molecular formula is C15H16OS. The van der Waals surface area contributed by atoms with Gasteiger partial charge in [-0.1, -0.05) is 37.3 Å². The first kappa shape index (κ1) is 12.1. The highest BCUT2D eigenvalue weighted by atomic mass is 32.1. The molecule has 0 aliphatic carbocycles. The highest BCUT2D eigenvalue weighted by Gasteiger charge is 2.08. The number of rotatable bonds is 5. The molecule has 17 heavy (non-hydrogen) atoms. The lowest BCUT2D eigenvalue weighted by molar-refractivity contribution is 0.0987. The second-order valence-corrected chi connectivity index (χ2v) is 5.20. The van der Waals surface area contributed by atoms with E-state index in [0.29, 0.717) is 6.42 Å². The zero-order chi connectivity index (χ0) is 12.1. The fourth-order valence-electron chi connectivity index (χ4n) is 1.74. The maximum atomic E-state index is 12.0. The van der Waals surface area contributed by atoms with E-state index in [1.807, 2.05) is 24.3 Å². The van der Waals surface area contributed by atoms with E-state index in [1.54, 1.807) is 11.3 Å². The minimum atomic E-state index is 0.263. The van der Waals surface area contributed by atoms with Crippen LogP contribution in [0.2, 0.25) is 0 Å². The normalized spacial score (nSPS) is 10.4. The van der Waals surface area contributed by atoms with E-state index in [0.717, 1.165) is 17.7 Å². The van der Waals surface area contributed by atoms with Crippen LogP contribution < -0.4 is 0 Å². The predicted molar refractivity (Wildman–Crippen MR) is 72.8 cm³/mol. The van der Waals surface area contributed by atoms with Crippen LogP contribution in [0.25, 0.3) is 0 Å². The van der Waals surface area contributed by atoms with Crippen LogP contribution in [-0.2, 0) is 12.8 Å². The summed E-state index contributed by atoms with van der Waals surface area (Å²) in [7, 11) is 0. The summed E-state index contributed by atoms with van der Waals surface area (Å²) >= 11 is 1.63. The van der Waals surface area contributed by atoms with E-state index in [9.17, 15) is 4.79 Å². The number of hydrogen-bond acceptors (Lipinski definition) is 2. The van der Waals surface area contributed by atoms with Crippen molar-refractivity contribution in [1.29, 1.82) is 0 Å². The highest BCUT2D eigenvalue weighted by Crippen LogP contribution is 2.19. The summed E-state index contributed by atoms with van der Waals surface area (Å²) in [5.41, 5.74) is 1.23. The third-order valence-electron chi connectivity index (χ3n) is 2.77. The molecule has 1 aromatic heterocycles. The fourth-order valence-corrected chi connectivity index (χ4v) is 2.66. The van der Waals surface area contributed by atoms with E-state index in [-0.39, 0.29) is 5.78 Å². The Bertz CT molecular complexity index is 485. The number of ketones is 1. The van der Waals surface area contributed by atoms with Crippen molar-refractivity contribution in [3.8, 4) is 0 Å². The van der Waals surface area contributed by atoms with Crippen molar-refractivity contribution in [2.24, 2.45) is 0 Å². The quantitative estimate of drug-likeness (QED) is 0.723. The average Bonchev–Trinajstić information content (AvgIpc) is 2.86. The zero-order valence-electron chi connectivity index (χ0n) is 9.98. The van der Waals surface area contributed by atoms with E-state index in [1.165, 1.54) is 10.4 Å². The van der Waals surface area contributed by atoms with Gasteiger partial charge in [0.15, 0.2) is 5.78 Å². The average molecular weight is 244 g/mol. The monoisotopic (exact) mass is 244 g/mol. The standard InChI is InChI=1S/C15H16OS/c1-2-13-9-11-15(17-13)14(16)10-8-12-6-4-3-5-7-12/h3-7,9,11H,2,8,10H2,1H3. The van der Waals surface area contributed by atoms with Gasteiger partial charge in [0.05, 0.1) is 4.88 Å². The van der Waals surface area contributed by atoms with Crippen LogP contribution in [0.1, 0.15) is 33.5 Å². The van der Waals surface area contributed by atoms with E-state index < -0.39 is 0 Å². The van der Waals surface area contributed by atoms with Gasteiger partial charge >= 0.3 is 0 Å². The van der Waals surface area contributed by atoms with Crippen molar-refractivity contribution in [3.63, 3.8) is 0 Å². The second-order valence-electron chi connectivity index (χ2n) is 4.03. The minimum Gasteiger partial charge on any atom is -0.293 e. The summed E-state index contributed by atoms with van der Waals surface area (Å²) in [4.78, 5) is 14.1. The van der Waals surface area contributed by atoms with Crippen molar-refractivity contribution < 1.29 is 4.79 Å². The van der Waals surface area contributed by atoms with Gasteiger partial charge < -0.3 is 0 Å². The molecule has 0 N–H and O–H groups in total. The van der Waals surface area contributed by atoms with Crippen molar-refractivity contribution in [1.82, 2.24) is 0 Å². The molecule has 0 aliphatic rings. The number of hydrogen-bond donors (Lipinski definition) is 0. The Labute approximate surface area is 106 Å². The summed E-state index contributed by atoms with van der Waals surface area (Å²) in [5, 5.41) is 0. The SMILES string of the molecule is CCc1ccc(C(=O)CCc2ccccc2)s1. The predicted octanol–water partition coefficient (Wildman–Crippen LogP) is 4.13. The number of Topliss-reactive ketones (excluding diaryl/α,β-unsaturated/α-hetero) is 1. The summed E-state index contributed by atoms with van der Waals surface area (Å²) in [6, 6.07) is 14.2. The summed E-state index contributed by atoms with van der Waals surface area (Å²) in [5.74, 6) is 0.263. The minimum absolute atomic E-state index is 0.263. The summed E-state index contributed by atoms with van der Waals surface area (Å²) in [6.07, 6.45) is 2.45. The lowest BCUT2D eigenvalue weighted by atomic mass is 10.1. The van der Waals surface area contributed by atoms with Crippen LogP contribution in [-0.4, -0.2) is 5.78 Å². The van der Waals surface area contributed by atoms with Crippen LogP contribution in [0, 0.1) is 0 Å². The summed E-state index contributed by atoms with van der Waals surface area (Å²) in [6.45, 7) is 2.12. The van der Waals surface area contributed by atoms with Gasteiger partial charge in [-0.3, -0.25) is 4.79 Å². The molecule has 0 saturated carbocycles. The Kier molecular flexibility index (Phi) is 4.10. The first-order valence-corrected chi connectivity index (χ1v) is 6.77. The molecule has 0 aliphatic heterocycles. The van der Waals surface area contributed by atoms with Crippen LogP contribution in [0.4, 0.5) is 0 Å². The van der Waals surface area contributed by atoms with Crippen LogP contribution in [0.15, 0.2) is 42.5 Å². The maximum Gasteiger partial charge on any atom is 0.173 e. The lowest BCUT2D eigenvalue weighted by Gasteiger charge is -1.99. The number of carbonyl (C=O) groups is 1. The van der Waals surface area contributed by atoms with Crippen molar-refractivity contribution in [3.05, 3.63) is 57.8 Å². The first-order chi connectivity index (χ1) is 8.29. The van der Waals surface area contributed by atoms with Gasteiger partial charge in [-0.15, -0.1) is 11.3 Å². The molecule has 0 amide bonds. The van der Waals surface area contributed by atoms with Crippen LogP contribution in [0.3, 0.4) is 0 Å². The van der Waals surface area contributed by atoms with E-state index in [4.69, 9.17) is 0 Å². The fraction of sp³-hybridized carbons (Fsp3) is 0.267. The number of aryl methyl sites for hydroxylation is 2. The molecule has 1 aromatic carbocycles. The number of carbonyl (C=O) groups excluding carboxylic acids is 1. The molecule has 2 rings (SSSR count). The van der Waals surface area contributed by atoms with Gasteiger partial charge in [0.2, 0.25) is 0 Å². The molecule has 0 saturated heterocycles. The van der Waals surface area contributed by atoms with Crippen molar-refractivity contribution in [2.75, 3.05) is 0 Å². The van der Waals surface area contributed by atoms with Crippen molar-refractivity contribution in [2.45, 2.75) is 26.2 Å². The second kappa shape index (κ2) is 5.78. The smallest absolute Gasteiger partial charge is 0.173 e. The van der Waals surface area contributed by atoms with Crippen molar-refractivity contribution >= 4 is 17.1 Å². The van der Waals surface area contributed by atoms with E-state index >= 15 is 0 Å². The zero-order valence-corrected chi connectivity index (χ0v) is 10.8. The third-order valence-corrected chi connectivity index (χ3v) is 4.04. The molecule has 0 atom stereocenters. The van der Waals surface area contributed by atoms with Crippen LogP contribution >= 0.6 is 11.3 Å². The number of thiophene rings is 1. The molecule has 2 heteroatoms. The highest BCUT2D eigenvalue weighted by molar-refractivity contribution is 7.14. The molecular weight excluding hydrogens is 228 g/mol. The molecule has 1 heterocycles. The topological polar surface area (TPSA) is 17.1 Å². The molecule has 0 unspecified atom stereocenters. The summed E-state index contributed by atoms with van der Waals surface area (Å²) < 4.78 is 0. The maximum absolute atomic E-state index is 12.0. The van der Waals surface area contributed by atoms with Gasteiger partial charge in [0.25, 0.3) is 0 Å². The third kappa shape index (κ3) is 3.27. The molecule has 0 radical (unpaired) electrons. The molecule has 0 bridgehead atoms. The lowest BCUT2D eigenvalue weighted by Crippen LogP contribution is -1.98. The number of benzene rings is 1. The van der Waals surface area contributed by atoms with Gasteiger partial charge in [-0.05, 0) is 30.5 Å². The Hall–Kier alpha value is -1.41. The Balaban J connectivity index is 1.93. The van der Waals surface area contributed by atoms with Gasteiger partial charge in [-0.25, -0.2) is 0 Å². The molecule has 1 nitrogen and oxygen atoms in total. The van der Waals surface area contributed by atoms with Gasteiger partial charge in [0.1, 0.15) is 0 Å². The van der Waals surface area contributed by atoms with Gasteiger partial charge in [0, 0.05) is 11.3 Å². The van der Waals surface area contributed by atoms with Crippen LogP contribution in [0.5, 0.6) is 0 Å². The van der Waals surface area contributed by atoms with E-state index in [2.05, 4.69) is 25.1 Å². The molecule has 88 valence electrons. The molecule has 0 spiro atoms. The first-order valence-electron chi connectivity index (χ1n) is 5.95. The Morgan fingerprint density at radius 1 is 1.12 bits per heavy atom. The molecule has 2 aromatic rings. The van der Waals surface area contributed by atoms with Gasteiger partial charge in [-0.2, -0.15) is 0 Å². The Morgan fingerprint density at radius 2 is 1.88 bits per heavy atom. The largest absolute Gasteiger partial charge is 0.293 e. The Morgan fingerprint density at radius 3 is 2.53 bits per heavy atom.